The molecule has 0 atom stereocenters. The highest BCUT2D eigenvalue weighted by atomic mass is 79.9. The number of hydrogen-bond acceptors (Lipinski definition) is 0. The van der Waals surface area contributed by atoms with E-state index >= 15 is 0 Å². The minimum Gasteiger partial charge on any atom is -0.0922 e. The molecule has 0 heterocycles. The van der Waals surface area contributed by atoms with Crippen molar-refractivity contribution in [2.24, 2.45) is 10.8 Å². The predicted molar refractivity (Wildman–Crippen MR) is 173 cm³/mol. The van der Waals surface area contributed by atoms with Gasteiger partial charge in [-0.1, -0.05) is 108 Å². The molecule has 3 aromatic carbocycles. The Morgan fingerprint density at radius 1 is 0.472 bits per heavy atom. The first-order valence-corrected chi connectivity index (χ1v) is 18.4. The van der Waals surface area contributed by atoms with E-state index in [2.05, 4.69) is 144 Å². The smallest absolute Gasteiger partial charge is 0.0227 e. The summed E-state index contributed by atoms with van der Waals surface area (Å²) in [5, 5.41) is 4.16. The monoisotopic (exact) mass is 858 g/mol. The van der Waals surface area contributed by atoms with E-state index in [-0.39, 0.29) is 10.8 Å². The molecular formula is C30H24Br6. The quantitative estimate of drug-likeness (QED) is 0.229. The van der Waals surface area contributed by atoms with Gasteiger partial charge in [-0.2, -0.15) is 0 Å². The first kappa shape index (κ1) is 25.5. The van der Waals surface area contributed by atoms with Crippen molar-refractivity contribution >= 4 is 95.6 Å². The molecule has 0 bridgehead atoms. The summed E-state index contributed by atoms with van der Waals surface area (Å²) in [6.45, 7) is 0. The highest BCUT2D eigenvalue weighted by Crippen LogP contribution is 2.71. The van der Waals surface area contributed by atoms with Gasteiger partial charge in [-0.3, -0.25) is 0 Å². The van der Waals surface area contributed by atoms with Crippen molar-refractivity contribution in [3.05, 3.63) is 79.7 Å². The van der Waals surface area contributed by atoms with E-state index in [1.165, 1.54) is 68.0 Å². The maximum atomic E-state index is 3.85. The molecule has 2 spiro atoms. The number of fused-ring (bicyclic) bond motifs is 10. The maximum absolute atomic E-state index is 3.85. The van der Waals surface area contributed by atoms with E-state index in [1.807, 2.05) is 0 Å². The third kappa shape index (κ3) is 3.18. The summed E-state index contributed by atoms with van der Waals surface area (Å²) in [5.74, 6) is 0. The molecule has 0 unspecified atom stereocenters. The normalized spacial score (nSPS) is 21.9. The van der Waals surface area contributed by atoms with Gasteiger partial charge in [-0.05, 0) is 117 Å². The lowest BCUT2D eigenvalue weighted by Gasteiger charge is -2.55. The van der Waals surface area contributed by atoms with Crippen LogP contribution < -0.4 is 0 Å². The minimum atomic E-state index is 0.103. The van der Waals surface area contributed by atoms with Gasteiger partial charge in [0.2, 0.25) is 0 Å². The van der Waals surface area contributed by atoms with E-state index in [9.17, 15) is 0 Å². The van der Waals surface area contributed by atoms with Crippen molar-refractivity contribution in [2.75, 3.05) is 21.3 Å². The van der Waals surface area contributed by atoms with Crippen molar-refractivity contribution < 1.29 is 0 Å². The molecule has 0 amide bonds. The molecule has 0 aromatic heterocycles. The van der Waals surface area contributed by atoms with Gasteiger partial charge in [0, 0.05) is 41.1 Å². The standard InChI is InChI=1S/C30H24Br6/c31-13-27(14-32)9-29(10-27)23-5-17(35)1-3-19(23)21-7-26-22(8-25(21)29)20-4-2-18(36)6-24(20)30(26)11-28(12-30,15-33)16-34/h1-8H,9-16H2. The fourth-order valence-corrected chi connectivity index (χ4v) is 12.3. The zero-order valence-electron chi connectivity index (χ0n) is 19.5. The lowest BCUT2D eigenvalue weighted by Crippen LogP contribution is -2.52. The Balaban J connectivity index is 1.46. The average molecular weight is 864 g/mol. The van der Waals surface area contributed by atoms with Crippen LogP contribution in [0.3, 0.4) is 0 Å². The van der Waals surface area contributed by atoms with Gasteiger partial charge in [0.25, 0.3) is 0 Å². The van der Waals surface area contributed by atoms with E-state index in [4.69, 9.17) is 0 Å². The van der Waals surface area contributed by atoms with Gasteiger partial charge in [-0.15, -0.1) is 0 Å². The lowest BCUT2D eigenvalue weighted by molar-refractivity contribution is 0.103. The van der Waals surface area contributed by atoms with Gasteiger partial charge < -0.3 is 0 Å². The van der Waals surface area contributed by atoms with E-state index in [0.29, 0.717) is 10.8 Å². The summed E-state index contributed by atoms with van der Waals surface area (Å²) in [6.07, 6.45) is 4.72. The zero-order chi connectivity index (χ0) is 25.1. The van der Waals surface area contributed by atoms with Gasteiger partial charge in [-0.25, -0.2) is 0 Å². The van der Waals surface area contributed by atoms with Crippen LogP contribution in [0.2, 0.25) is 0 Å². The Hall–Kier alpha value is 0.540. The van der Waals surface area contributed by atoms with E-state index in [0.717, 1.165) is 21.3 Å². The first-order valence-electron chi connectivity index (χ1n) is 12.3. The second-order valence-corrected chi connectivity index (χ2v) is 15.8. The van der Waals surface area contributed by atoms with Crippen LogP contribution in [0.4, 0.5) is 0 Å². The highest BCUT2D eigenvalue weighted by molar-refractivity contribution is 9.11. The Morgan fingerprint density at radius 3 is 1.14 bits per heavy atom. The van der Waals surface area contributed by atoms with Crippen molar-refractivity contribution in [3.63, 3.8) is 0 Å². The van der Waals surface area contributed by atoms with Crippen molar-refractivity contribution in [3.8, 4) is 22.3 Å². The molecule has 186 valence electrons. The molecule has 2 fully saturated rings. The summed E-state index contributed by atoms with van der Waals surface area (Å²) in [5.41, 5.74) is 12.8. The van der Waals surface area contributed by atoms with Gasteiger partial charge in [0.05, 0.1) is 0 Å². The molecule has 7 rings (SSSR count). The van der Waals surface area contributed by atoms with Crippen LogP contribution in [0.15, 0.2) is 57.5 Å². The molecular weight excluding hydrogens is 840 g/mol. The molecule has 2 saturated carbocycles. The van der Waals surface area contributed by atoms with Crippen LogP contribution in [0, 0.1) is 10.8 Å². The van der Waals surface area contributed by atoms with Gasteiger partial charge >= 0.3 is 0 Å². The predicted octanol–water partition coefficient (Wildman–Crippen LogP) is 10.9. The highest BCUT2D eigenvalue weighted by Gasteiger charge is 2.62. The summed E-state index contributed by atoms with van der Waals surface area (Å²) in [6, 6.07) is 19.2. The molecule has 0 nitrogen and oxygen atoms in total. The van der Waals surface area contributed by atoms with Crippen LogP contribution in [0.5, 0.6) is 0 Å². The number of halogens is 6. The number of hydrogen-bond donors (Lipinski definition) is 0. The van der Waals surface area contributed by atoms with Gasteiger partial charge in [0.1, 0.15) is 0 Å². The molecule has 4 aliphatic carbocycles. The topological polar surface area (TPSA) is 0 Å². The van der Waals surface area contributed by atoms with Crippen molar-refractivity contribution in [1.82, 2.24) is 0 Å². The molecule has 4 aliphatic rings. The SMILES string of the molecule is BrCC1(CBr)CC2(C1)c1cc(Br)ccc1-c1cc3c(cc12)-c1ccc(Br)cc1C31CC(CBr)(CBr)C1. The van der Waals surface area contributed by atoms with Crippen LogP contribution in [-0.4, -0.2) is 21.3 Å². The Morgan fingerprint density at radius 2 is 0.806 bits per heavy atom. The molecule has 36 heavy (non-hydrogen) atoms. The first-order chi connectivity index (χ1) is 17.3. The second kappa shape index (κ2) is 8.52. The van der Waals surface area contributed by atoms with Crippen molar-refractivity contribution in [2.45, 2.75) is 36.5 Å². The van der Waals surface area contributed by atoms with E-state index in [1.54, 1.807) is 11.1 Å². The molecule has 0 aliphatic heterocycles. The Labute approximate surface area is 263 Å². The fourth-order valence-electron chi connectivity index (χ4n) is 8.09. The molecule has 0 radical (unpaired) electrons. The maximum Gasteiger partial charge on any atom is 0.0227 e. The number of rotatable bonds is 4. The number of benzene rings is 3. The van der Waals surface area contributed by atoms with Crippen molar-refractivity contribution in [1.29, 1.82) is 0 Å². The molecule has 3 aromatic rings. The fraction of sp³-hybridized carbons (Fsp3) is 0.400. The van der Waals surface area contributed by atoms with Crippen LogP contribution in [-0.2, 0) is 10.8 Å². The summed E-state index contributed by atoms with van der Waals surface area (Å²) in [4.78, 5) is 0. The number of alkyl halides is 4. The van der Waals surface area contributed by atoms with Crippen LogP contribution in [0.25, 0.3) is 22.3 Å². The summed E-state index contributed by atoms with van der Waals surface area (Å²) < 4.78 is 2.36. The zero-order valence-corrected chi connectivity index (χ0v) is 29.1. The minimum absolute atomic E-state index is 0.103. The third-order valence-electron chi connectivity index (χ3n) is 9.60. The lowest BCUT2D eigenvalue weighted by atomic mass is 9.50. The van der Waals surface area contributed by atoms with E-state index < -0.39 is 0 Å². The van der Waals surface area contributed by atoms with Gasteiger partial charge in [0.15, 0.2) is 0 Å². The molecule has 0 saturated heterocycles. The average Bonchev–Trinajstić information content (AvgIpc) is 3.26. The summed E-state index contributed by atoms with van der Waals surface area (Å²) >= 11 is 23.0. The second-order valence-electron chi connectivity index (χ2n) is 11.7. The van der Waals surface area contributed by atoms with Crippen LogP contribution in [0.1, 0.15) is 47.9 Å². The van der Waals surface area contributed by atoms with Crippen LogP contribution >= 0.6 is 95.6 Å². The summed E-state index contributed by atoms with van der Waals surface area (Å²) in [7, 11) is 0. The Bertz CT molecular complexity index is 1310. The molecule has 0 N–H and O–H groups in total. The third-order valence-corrected chi connectivity index (χ3v) is 15.3. The Kier molecular flexibility index (Phi) is 6.04. The largest absolute Gasteiger partial charge is 0.0922 e. The molecule has 6 heteroatoms.